The highest BCUT2D eigenvalue weighted by Gasteiger charge is 2.24. The van der Waals surface area contributed by atoms with Gasteiger partial charge in [-0.2, -0.15) is 11.8 Å². The predicted octanol–water partition coefficient (Wildman–Crippen LogP) is 3.11. The van der Waals surface area contributed by atoms with E-state index in [0.717, 1.165) is 67.4 Å². The average molecular weight is 500 g/mol. The van der Waals surface area contributed by atoms with E-state index in [9.17, 15) is 9.59 Å². The van der Waals surface area contributed by atoms with Crippen LogP contribution < -0.4 is 10.6 Å². The van der Waals surface area contributed by atoms with E-state index in [1.165, 1.54) is 7.11 Å². The second-order valence-corrected chi connectivity index (χ2v) is 9.64. The van der Waals surface area contributed by atoms with Crippen LogP contribution in [0.3, 0.4) is 0 Å². The van der Waals surface area contributed by atoms with Crippen LogP contribution in [-0.4, -0.2) is 81.3 Å². The molecule has 1 aliphatic rings. The Balaban J connectivity index is 1.76. The number of hydrogen-bond acceptors (Lipinski definition) is 7. The molecule has 0 radical (unpaired) electrons. The number of aryl methyl sites for hydroxylation is 1. The fourth-order valence-corrected chi connectivity index (χ4v) is 4.63. The molecule has 2 aromatic carbocycles. The van der Waals surface area contributed by atoms with Crippen LogP contribution in [-0.2, 0) is 20.8 Å². The van der Waals surface area contributed by atoms with E-state index < -0.39 is 12.0 Å². The summed E-state index contributed by atoms with van der Waals surface area (Å²) in [5, 5.41) is 6.42. The van der Waals surface area contributed by atoms with Crippen molar-refractivity contribution in [3.05, 3.63) is 59.2 Å². The number of nitrogens with zero attached hydrogens (tertiary/aromatic N) is 1. The summed E-state index contributed by atoms with van der Waals surface area (Å²) in [6, 6.07) is 13.3. The lowest BCUT2D eigenvalue weighted by molar-refractivity contribution is -0.142. The first-order valence-electron chi connectivity index (χ1n) is 12.1. The molecule has 3 rings (SSSR count). The third kappa shape index (κ3) is 8.07. The van der Waals surface area contributed by atoms with Crippen molar-refractivity contribution in [3.63, 3.8) is 0 Å². The molecule has 2 N–H and O–H groups in total. The summed E-state index contributed by atoms with van der Waals surface area (Å²) < 4.78 is 10.3. The van der Waals surface area contributed by atoms with E-state index in [2.05, 4.69) is 21.6 Å². The molecule has 1 saturated heterocycles. The van der Waals surface area contributed by atoms with Gasteiger partial charge < -0.3 is 20.1 Å². The summed E-state index contributed by atoms with van der Waals surface area (Å²) in [6.45, 7) is 8.19. The van der Waals surface area contributed by atoms with Crippen LogP contribution in [0.15, 0.2) is 42.5 Å². The fraction of sp³-hybridized carbons (Fsp3) is 0.481. The molecular weight excluding hydrogens is 462 g/mol. The van der Waals surface area contributed by atoms with Crippen molar-refractivity contribution < 1.29 is 19.1 Å². The highest BCUT2D eigenvalue weighted by Crippen LogP contribution is 2.28. The van der Waals surface area contributed by atoms with Crippen molar-refractivity contribution in [2.45, 2.75) is 25.9 Å². The van der Waals surface area contributed by atoms with Crippen LogP contribution in [0.25, 0.3) is 11.1 Å². The van der Waals surface area contributed by atoms with Crippen molar-refractivity contribution in [3.8, 4) is 11.1 Å². The molecule has 0 bridgehead atoms. The van der Waals surface area contributed by atoms with Crippen LogP contribution in [0.5, 0.6) is 0 Å². The summed E-state index contributed by atoms with van der Waals surface area (Å²) in [5.74, 6) is 0.0530. The molecule has 7 nitrogen and oxygen atoms in total. The molecule has 8 heteroatoms. The number of benzene rings is 2. The summed E-state index contributed by atoms with van der Waals surface area (Å²) in [4.78, 5) is 28.0. The van der Waals surface area contributed by atoms with E-state index in [1.54, 1.807) is 11.8 Å². The largest absolute Gasteiger partial charge is 0.467 e. The van der Waals surface area contributed by atoms with Gasteiger partial charge in [-0.3, -0.25) is 9.69 Å². The zero-order valence-corrected chi connectivity index (χ0v) is 21.8. The van der Waals surface area contributed by atoms with Crippen LogP contribution in [0.2, 0.25) is 0 Å². The van der Waals surface area contributed by atoms with Gasteiger partial charge in [0.15, 0.2) is 0 Å². The van der Waals surface area contributed by atoms with Gasteiger partial charge >= 0.3 is 5.97 Å². The van der Waals surface area contributed by atoms with Crippen molar-refractivity contribution in [2.24, 2.45) is 0 Å². The van der Waals surface area contributed by atoms with Crippen molar-refractivity contribution >= 4 is 23.6 Å². The van der Waals surface area contributed by atoms with Crippen molar-refractivity contribution in [1.82, 2.24) is 15.5 Å². The number of methoxy groups -OCH3 is 1. The molecule has 0 aliphatic carbocycles. The summed E-state index contributed by atoms with van der Waals surface area (Å²) in [6.07, 6.45) is 2.49. The number of carbonyl (C=O) groups is 2. The molecular formula is C27H37N3O4S. The zero-order valence-electron chi connectivity index (χ0n) is 21.0. The average Bonchev–Trinajstić information content (AvgIpc) is 2.89. The predicted molar refractivity (Wildman–Crippen MR) is 142 cm³/mol. The molecule has 1 fully saturated rings. The van der Waals surface area contributed by atoms with Gasteiger partial charge in [0.25, 0.3) is 5.91 Å². The van der Waals surface area contributed by atoms with E-state index >= 15 is 0 Å². The van der Waals surface area contributed by atoms with Gasteiger partial charge in [-0.25, -0.2) is 4.79 Å². The SMILES string of the molecule is COC(=O)[C@H](CCSC)NC(=O)c1ccc(CNCCN2CCOCC2)cc1-c1ccccc1C. The molecule has 2 aromatic rings. The van der Waals surface area contributed by atoms with E-state index in [1.807, 2.05) is 49.6 Å². The van der Waals surface area contributed by atoms with Crippen molar-refractivity contribution in [1.29, 1.82) is 0 Å². The number of amides is 1. The minimum Gasteiger partial charge on any atom is -0.467 e. The van der Waals surface area contributed by atoms with Crippen molar-refractivity contribution in [2.75, 3.05) is 58.5 Å². The van der Waals surface area contributed by atoms with Crippen LogP contribution in [0.1, 0.15) is 27.9 Å². The first-order chi connectivity index (χ1) is 17.0. The maximum absolute atomic E-state index is 13.3. The molecule has 0 aromatic heterocycles. The quantitative estimate of drug-likeness (QED) is 0.343. The molecule has 1 atom stereocenters. The summed E-state index contributed by atoms with van der Waals surface area (Å²) in [5.41, 5.74) is 4.61. The molecule has 0 unspecified atom stereocenters. The number of rotatable bonds is 12. The number of morpholine rings is 1. The zero-order chi connectivity index (χ0) is 25.0. The van der Waals surface area contributed by atoms with Crippen LogP contribution in [0, 0.1) is 6.92 Å². The van der Waals surface area contributed by atoms with E-state index in [-0.39, 0.29) is 5.91 Å². The van der Waals surface area contributed by atoms with Crippen LogP contribution >= 0.6 is 11.8 Å². The Hall–Kier alpha value is -2.39. The number of esters is 1. The van der Waals surface area contributed by atoms with Gasteiger partial charge in [-0.05, 0) is 59.7 Å². The molecule has 1 amide bonds. The second-order valence-electron chi connectivity index (χ2n) is 8.66. The Labute approximate surface area is 212 Å². The number of ether oxygens (including phenoxy) is 2. The summed E-state index contributed by atoms with van der Waals surface area (Å²) >= 11 is 1.63. The minimum atomic E-state index is -0.675. The Morgan fingerprint density at radius 3 is 2.63 bits per heavy atom. The van der Waals surface area contributed by atoms with E-state index in [0.29, 0.717) is 18.5 Å². The summed E-state index contributed by atoms with van der Waals surface area (Å²) in [7, 11) is 1.35. The molecule has 190 valence electrons. The number of hydrogen-bond donors (Lipinski definition) is 2. The third-order valence-corrected chi connectivity index (χ3v) is 6.85. The highest BCUT2D eigenvalue weighted by atomic mass is 32.2. The number of thioether (sulfide) groups is 1. The molecule has 1 aliphatic heterocycles. The fourth-order valence-electron chi connectivity index (χ4n) is 4.15. The van der Waals surface area contributed by atoms with Gasteiger partial charge in [0.2, 0.25) is 0 Å². The molecule has 1 heterocycles. The maximum atomic E-state index is 13.3. The highest BCUT2D eigenvalue weighted by molar-refractivity contribution is 7.98. The van der Waals surface area contributed by atoms with E-state index in [4.69, 9.17) is 9.47 Å². The first-order valence-corrected chi connectivity index (χ1v) is 13.5. The number of carbonyl (C=O) groups excluding carboxylic acids is 2. The van der Waals surface area contributed by atoms with Gasteiger partial charge in [0.05, 0.1) is 20.3 Å². The lowest BCUT2D eigenvalue weighted by Crippen LogP contribution is -2.42. The lowest BCUT2D eigenvalue weighted by Gasteiger charge is -2.26. The molecule has 35 heavy (non-hydrogen) atoms. The van der Waals surface area contributed by atoms with Gasteiger partial charge in [0.1, 0.15) is 6.04 Å². The monoisotopic (exact) mass is 499 g/mol. The van der Waals surface area contributed by atoms with Gasteiger partial charge in [-0.15, -0.1) is 0 Å². The smallest absolute Gasteiger partial charge is 0.328 e. The first kappa shape index (κ1) is 27.2. The topological polar surface area (TPSA) is 79.9 Å². The maximum Gasteiger partial charge on any atom is 0.328 e. The Kier molecular flexibility index (Phi) is 11.1. The Bertz CT molecular complexity index is 979. The second kappa shape index (κ2) is 14.2. The lowest BCUT2D eigenvalue weighted by atomic mass is 9.93. The molecule has 0 spiro atoms. The molecule has 0 saturated carbocycles. The Morgan fingerprint density at radius 2 is 1.91 bits per heavy atom. The Morgan fingerprint density at radius 1 is 1.14 bits per heavy atom. The van der Waals surface area contributed by atoms with Crippen LogP contribution in [0.4, 0.5) is 0 Å². The van der Waals surface area contributed by atoms with Gasteiger partial charge in [0, 0.05) is 38.3 Å². The van der Waals surface area contributed by atoms with Gasteiger partial charge in [-0.1, -0.05) is 30.3 Å². The normalized spacial score (nSPS) is 14.9. The number of nitrogens with one attached hydrogen (secondary N) is 2. The third-order valence-electron chi connectivity index (χ3n) is 6.20. The standard InChI is InChI=1S/C27H37N3O4S/c1-20-6-4-5-7-22(20)24-18-21(19-28-11-12-30-13-15-34-16-14-30)8-9-23(24)26(31)29-25(10-17-35-3)27(32)33-2/h4-9,18,25,28H,10-17,19H2,1-3H3,(H,29,31)/t25-/m0/s1. The minimum absolute atomic E-state index is 0.272.